The SMILES string of the molecule is C=C(C)c1ccc(C(=NC(C)(C)c2ccc(Cl)cc2)N(Cc2ccc(Cl)cc2)C(=O)N2CCN(CCC(F)(F)F)CC2)c(OCC)c1. The first-order chi connectivity index (χ1) is 22.2. The van der Waals surface area contributed by atoms with Crippen LogP contribution in [0.15, 0.2) is 78.3 Å². The van der Waals surface area contributed by atoms with Crippen LogP contribution >= 0.6 is 23.2 Å². The van der Waals surface area contributed by atoms with Gasteiger partial charge in [0.1, 0.15) is 11.6 Å². The summed E-state index contributed by atoms with van der Waals surface area (Å²) < 4.78 is 44.8. The van der Waals surface area contributed by atoms with Crippen molar-refractivity contribution in [2.24, 2.45) is 4.99 Å². The molecule has 0 bridgehead atoms. The molecule has 0 aliphatic carbocycles. The number of carbonyl (C=O) groups is 1. The highest BCUT2D eigenvalue weighted by molar-refractivity contribution is 6.30. The van der Waals surface area contributed by atoms with Crippen molar-refractivity contribution in [1.82, 2.24) is 14.7 Å². The number of alkyl halides is 3. The first-order valence-corrected chi connectivity index (χ1v) is 16.3. The van der Waals surface area contributed by atoms with Crippen LogP contribution in [0.4, 0.5) is 18.0 Å². The van der Waals surface area contributed by atoms with Gasteiger partial charge in [-0.3, -0.25) is 14.8 Å². The Bertz CT molecular complexity index is 1570. The second-order valence-corrected chi connectivity index (χ2v) is 13.0. The Hall–Kier alpha value is -3.53. The Balaban J connectivity index is 1.83. The molecule has 1 fully saturated rings. The zero-order valence-corrected chi connectivity index (χ0v) is 28.7. The van der Waals surface area contributed by atoms with Crippen LogP contribution in [0.25, 0.3) is 5.57 Å². The van der Waals surface area contributed by atoms with Gasteiger partial charge in [0.15, 0.2) is 0 Å². The number of piperazine rings is 1. The first kappa shape index (κ1) is 36.3. The molecule has 1 aliphatic heterocycles. The summed E-state index contributed by atoms with van der Waals surface area (Å²) in [5.74, 6) is 0.936. The van der Waals surface area contributed by atoms with Crippen LogP contribution in [-0.4, -0.2) is 72.1 Å². The summed E-state index contributed by atoms with van der Waals surface area (Å²) in [5, 5.41) is 1.16. The van der Waals surface area contributed by atoms with E-state index in [0.29, 0.717) is 46.9 Å². The fourth-order valence-electron chi connectivity index (χ4n) is 5.32. The van der Waals surface area contributed by atoms with Crippen LogP contribution in [0.3, 0.4) is 0 Å². The lowest BCUT2D eigenvalue weighted by atomic mass is 9.94. The highest BCUT2D eigenvalue weighted by Gasteiger charge is 2.34. The summed E-state index contributed by atoms with van der Waals surface area (Å²) in [5.41, 5.74) is 3.25. The Morgan fingerprint density at radius 3 is 2.11 bits per heavy atom. The second-order valence-electron chi connectivity index (χ2n) is 12.1. The van der Waals surface area contributed by atoms with Gasteiger partial charge in [-0.25, -0.2) is 4.79 Å². The maximum atomic E-state index is 14.6. The molecule has 1 aliphatic rings. The summed E-state index contributed by atoms with van der Waals surface area (Å²) in [6.07, 6.45) is -5.12. The van der Waals surface area contributed by atoms with E-state index in [4.69, 9.17) is 32.9 Å². The average molecular weight is 690 g/mol. The Morgan fingerprint density at radius 2 is 1.55 bits per heavy atom. The molecule has 4 rings (SSSR count). The highest BCUT2D eigenvalue weighted by atomic mass is 35.5. The smallest absolute Gasteiger partial charge is 0.390 e. The van der Waals surface area contributed by atoms with Crippen molar-refractivity contribution < 1.29 is 22.7 Å². The van der Waals surface area contributed by atoms with Crippen LogP contribution in [0.2, 0.25) is 10.0 Å². The molecular formula is C36H41Cl2F3N4O2. The topological polar surface area (TPSA) is 48.4 Å². The van der Waals surface area contributed by atoms with Crippen molar-refractivity contribution in [3.8, 4) is 5.75 Å². The van der Waals surface area contributed by atoms with E-state index in [1.165, 1.54) is 0 Å². The minimum absolute atomic E-state index is 0.102. The van der Waals surface area contributed by atoms with E-state index in [2.05, 4.69) is 6.58 Å². The standard InChI is InChI=1S/C36H41Cl2F3N4O2/c1-6-47-32-23-27(25(2)3)9-16-31(32)33(42-35(4,5)28-10-14-30(38)15-11-28)45(24-26-7-12-29(37)13-8-26)34(46)44-21-19-43(20-22-44)18-17-36(39,40)41/h7-16,23H,2,6,17-22,24H2,1,3-5H3. The van der Waals surface area contributed by atoms with Gasteiger partial charge in [-0.2, -0.15) is 13.2 Å². The zero-order valence-electron chi connectivity index (χ0n) is 27.2. The molecule has 0 unspecified atom stereocenters. The lowest BCUT2D eigenvalue weighted by Gasteiger charge is -2.38. The number of ether oxygens (including phenoxy) is 1. The van der Waals surface area contributed by atoms with Crippen molar-refractivity contribution in [2.75, 3.05) is 39.3 Å². The number of hydrogen-bond acceptors (Lipinski definition) is 4. The number of nitrogens with zero attached hydrogens (tertiary/aromatic N) is 4. The van der Waals surface area contributed by atoms with E-state index < -0.39 is 18.1 Å². The van der Waals surface area contributed by atoms with E-state index in [0.717, 1.165) is 22.3 Å². The fraction of sp³-hybridized carbons (Fsp3) is 0.389. The molecule has 3 aromatic carbocycles. The molecule has 11 heteroatoms. The minimum Gasteiger partial charge on any atom is -0.493 e. The number of aliphatic imine (C=N–C) groups is 1. The maximum absolute atomic E-state index is 14.6. The number of allylic oxidation sites excluding steroid dienone is 1. The Labute approximate surface area is 285 Å². The van der Waals surface area contributed by atoms with E-state index in [-0.39, 0.29) is 32.2 Å². The molecule has 2 amide bonds. The first-order valence-electron chi connectivity index (χ1n) is 15.6. The van der Waals surface area contributed by atoms with E-state index in [1.807, 2.05) is 70.2 Å². The van der Waals surface area contributed by atoms with Gasteiger partial charge in [0, 0.05) is 42.8 Å². The number of benzene rings is 3. The predicted molar refractivity (Wildman–Crippen MR) is 184 cm³/mol. The van der Waals surface area contributed by atoms with E-state index in [1.54, 1.807) is 39.0 Å². The van der Waals surface area contributed by atoms with E-state index in [9.17, 15) is 18.0 Å². The van der Waals surface area contributed by atoms with Crippen molar-refractivity contribution >= 4 is 40.6 Å². The van der Waals surface area contributed by atoms with Gasteiger partial charge >= 0.3 is 12.2 Å². The molecule has 0 aromatic heterocycles. The van der Waals surface area contributed by atoms with Crippen molar-refractivity contribution in [3.05, 3.63) is 106 Å². The van der Waals surface area contributed by atoms with Crippen molar-refractivity contribution in [1.29, 1.82) is 0 Å². The second kappa shape index (κ2) is 15.6. The molecule has 0 spiro atoms. The Morgan fingerprint density at radius 1 is 0.957 bits per heavy atom. The summed E-state index contributed by atoms with van der Waals surface area (Å²) in [4.78, 5) is 24.9. The molecule has 3 aromatic rings. The normalized spacial score (nSPS) is 14.7. The molecule has 0 N–H and O–H groups in total. The predicted octanol–water partition coefficient (Wildman–Crippen LogP) is 9.30. The average Bonchev–Trinajstić information content (AvgIpc) is 3.02. The fourth-order valence-corrected chi connectivity index (χ4v) is 5.58. The molecule has 0 saturated carbocycles. The van der Waals surface area contributed by atoms with Crippen LogP contribution in [0.5, 0.6) is 5.75 Å². The van der Waals surface area contributed by atoms with Gasteiger partial charge in [0.25, 0.3) is 0 Å². The highest BCUT2D eigenvalue weighted by Crippen LogP contribution is 2.32. The summed E-state index contributed by atoms with van der Waals surface area (Å²) >= 11 is 12.4. The minimum atomic E-state index is -4.23. The number of amidine groups is 1. The van der Waals surface area contributed by atoms with Gasteiger partial charge in [0.2, 0.25) is 0 Å². The largest absolute Gasteiger partial charge is 0.493 e. The van der Waals surface area contributed by atoms with Gasteiger partial charge in [0.05, 0.1) is 30.7 Å². The third kappa shape index (κ3) is 9.98. The van der Waals surface area contributed by atoms with Crippen molar-refractivity contribution in [3.63, 3.8) is 0 Å². The molecule has 6 nitrogen and oxygen atoms in total. The van der Waals surface area contributed by atoms with Crippen molar-refractivity contribution in [2.45, 2.75) is 52.4 Å². The molecule has 0 radical (unpaired) electrons. The molecular weight excluding hydrogens is 648 g/mol. The molecule has 1 saturated heterocycles. The third-order valence-corrected chi connectivity index (χ3v) is 8.55. The van der Waals surface area contributed by atoms with Crippen LogP contribution in [0, 0.1) is 0 Å². The third-order valence-electron chi connectivity index (χ3n) is 8.05. The molecule has 0 atom stereocenters. The van der Waals surface area contributed by atoms with Crippen LogP contribution in [-0.2, 0) is 12.1 Å². The zero-order chi connectivity index (χ0) is 34.4. The Kier molecular flexibility index (Phi) is 12.0. The molecule has 1 heterocycles. The summed E-state index contributed by atoms with van der Waals surface area (Å²) in [7, 11) is 0. The lowest BCUT2D eigenvalue weighted by Crippen LogP contribution is -2.54. The number of amides is 2. The summed E-state index contributed by atoms with van der Waals surface area (Å²) in [6.45, 7) is 13.4. The summed E-state index contributed by atoms with van der Waals surface area (Å²) in [6, 6.07) is 20.1. The van der Waals surface area contributed by atoms with Gasteiger partial charge in [-0.1, -0.05) is 65.7 Å². The van der Waals surface area contributed by atoms with Gasteiger partial charge in [-0.15, -0.1) is 0 Å². The molecule has 252 valence electrons. The van der Waals surface area contributed by atoms with E-state index >= 15 is 0 Å². The number of halogens is 5. The van der Waals surface area contributed by atoms with Crippen LogP contribution < -0.4 is 4.74 Å². The monoisotopic (exact) mass is 688 g/mol. The molecule has 47 heavy (non-hydrogen) atoms. The lowest BCUT2D eigenvalue weighted by molar-refractivity contribution is -0.138. The van der Waals surface area contributed by atoms with Gasteiger partial charge in [-0.05, 0) is 80.8 Å². The maximum Gasteiger partial charge on any atom is 0.390 e. The number of hydrogen-bond donors (Lipinski definition) is 0. The van der Waals surface area contributed by atoms with Gasteiger partial charge < -0.3 is 9.64 Å². The number of urea groups is 1. The quantitative estimate of drug-likeness (QED) is 0.158. The number of carbonyl (C=O) groups excluding carboxylic acids is 1. The van der Waals surface area contributed by atoms with Crippen LogP contribution in [0.1, 0.15) is 56.4 Å². The number of rotatable bonds is 10.